The van der Waals surface area contributed by atoms with Gasteiger partial charge in [-0.3, -0.25) is 0 Å². The molecule has 2 nitrogen and oxygen atoms in total. The largest absolute Gasteiger partial charge is 0.377 e. The number of hydrogen-bond donors (Lipinski definition) is 1. The van der Waals surface area contributed by atoms with E-state index < -0.39 is 0 Å². The summed E-state index contributed by atoms with van der Waals surface area (Å²) in [7, 11) is 0. The Hall–Kier alpha value is -0.0800. The number of rotatable bonds is 9. The fourth-order valence-electron chi connectivity index (χ4n) is 3.34. The zero-order valence-corrected chi connectivity index (χ0v) is 13.6. The summed E-state index contributed by atoms with van der Waals surface area (Å²) in [5.41, 5.74) is 0. The first-order valence-corrected chi connectivity index (χ1v) is 8.46. The summed E-state index contributed by atoms with van der Waals surface area (Å²) >= 11 is 0. The second-order valence-corrected chi connectivity index (χ2v) is 6.76. The molecule has 3 atom stereocenters. The number of ether oxygens (including phenoxy) is 1. The van der Waals surface area contributed by atoms with Crippen molar-refractivity contribution in [1.82, 2.24) is 5.32 Å². The average Bonchev–Trinajstić information content (AvgIpc) is 2.34. The highest BCUT2D eigenvalue weighted by atomic mass is 16.5. The van der Waals surface area contributed by atoms with Crippen molar-refractivity contribution >= 4 is 0 Å². The van der Waals surface area contributed by atoms with Crippen LogP contribution in [0.4, 0.5) is 0 Å². The lowest BCUT2D eigenvalue weighted by Gasteiger charge is -2.31. The van der Waals surface area contributed by atoms with E-state index in [4.69, 9.17) is 4.74 Å². The molecule has 1 rings (SSSR count). The lowest BCUT2D eigenvalue weighted by molar-refractivity contribution is 0.00206. The molecule has 0 aromatic rings. The van der Waals surface area contributed by atoms with E-state index in [-0.39, 0.29) is 0 Å². The molecular weight excluding hydrogens is 234 g/mol. The second-order valence-electron chi connectivity index (χ2n) is 6.76. The van der Waals surface area contributed by atoms with Crippen LogP contribution in [0.3, 0.4) is 0 Å². The molecule has 1 saturated carbocycles. The Morgan fingerprint density at radius 2 is 1.79 bits per heavy atom. The van der Waals surface area contributed by atoms with Gasteiger partial charge in [0, 0.05) is 12.6 Å². The van der Waals surface area contributed by atoms with Crippen molar-refractivity contribution in [2.45, 2.75) is 84.8 Å². The maximum absolute atomic E-state index is 6.04. The molecule has 0 bridgehead atoms. The van der Waals surface area contributed by atoms with Crippen LogP contribution in [0.1, 0.15) is 72.6 Å². The Morgan fingerprint density at radius 1 is 1.11 bits per heavy atom. The van der Waals surface area contributed by atoms with Gasteiger partial charge in [0.1, 0.15) is 0 Å². The third-order valence-corrected chi connectivity index (χ3v) is 4.32. The van der Waals surface area contributed by atoms with Crippen molar-refractivity contribution < 1.29 is 4.74 Å². The molecule has 1 aliphatic carbocycles. The quantitative estimate of drug-likeness (QED) is 0.627. The molecule has 0 aliphatic heterocycles. The standard InChI is InChI=1S/C17H35NO/c1-5-6-7-8-16(4)18-9-10-19-17-12-14(2)11-15(3)13-17/h14-18H,5-13H2,1-4H3. The van der Waals surface area contributed by atoms with Gasteiger partial charge in [0.15, 0.2) is 0 Å². The molecule has 0 spiro atoms. The molecule has 19 heavy (non-hydrogen) atoms. The van der Waals surface area contributed by atoms with E-state index in [9.17, 15) is 0 Å². The van der Waals surface area contributed by atoms with Crippen LogP contribution in [0, 0.1) is 11.8 Å². The second kappa shape index (κ2) is 9.77. The molecular formula is C17H35NO. The van der Waals surface area contributed by atoms with Gasteiger partial charge in [-0.15, -0.1) is 0 Å². The van der Waals surface area contributed by atoms with E-state index in [1.54, 1.807) is 0 Å². The third-order valence-electron chi connectivity index (χ3n) is 4.32. The average molecular weight is 269 g/mol. The summed E-state index contributed by atoms with van der Waals surface area (Å²) in [6.45, 7) is 11.2. The van der Waals surface area contributed by atoms with Crippen molar-refractivity contribution in [2.75, 3.05) is 13.2 Å². The van der Waals surface area contributed by atoms with Gasteiger partial charge < -0.3 is 10.1 Å². The molecule has 0 saturated heterocycles. The van der Waals surface area contributed by atoms with Gasteiger partial charge in [-0.2, -0.15) is 0 Å². The third kappa shape index (κ3) is 7.94. The molecule has 0 aromatic heterocycles. The van der Waals surface area contributed by atoms with E-state index in [0.29, 0.717) is 12.1 Å². The van der Waals surface area contributed by atoms with E-state index in [1.165, 1.54) is 44.9 Å². The molecule has 0 radical (unpaired) electrons. The van der Waals surface area contributed by atoms with Gasteiger partial charge in [-0.25, -0.2) is 0 Å². The Balaban J connectivity index is 2.00. The van der Waals surface area contributed by atoms with E-state index in [0.717, 1.165) is 25.0 Å². The molecule has 0 amide bonds. The zero-order valence-electron chi connectivity index (χ0n) is 13.6. The van der Waals surface area contributed by atoms with Gasteiger partial charge >= 0.3 is 0 Å². The first-order valence-electron chi connectivity index (χ1n) is 8.46. The Labute approximate surface area is 120 Å². The molecule has 0 heterocycles. The monoisotopic (exact) mass is 269 g/mol. The van der Waals surface area contributed by atoms with Crippen LogP contribution in [-0.2, 0) is 4.74 Å². The lowest BCUT2D eigenvalue weighted by Crippen LogP contribution is -2.32. The highest BCUT2D eigenvalue weighted by molar-refractivity contribution is 4.75. The van der Waals surface area contributed by atoms with E-state index in [2.05, 4.69) is 33.0 Å². The van der Waals surface area contributed by atoms with Crippen LogP contribution >= 0.6 is 0 Å². The molecule has 2 heteroatoms. The summed E-state index contributed by atoms with van der Waals surface area (Å²) in [4.78, 5) is 0. The highest BCUT2D eigenvalue weighted by Gasteiger charge is 2.24. The number of hydrogen-bond acceptors (Lipinski definition) is 2. The number of nitrogens with one attached hydrogen (secondary N) is 1. The zero-order chi connectivity index (χ0) is 14.1. The first kappa shape index (κ1) is 17.0. The Bertz CT molecular complexity index is 209. The summed E-state index contributed by atoms with van der Waals surface area (Å²) in [5.74, 6) is 1.68. The predicted octanol–water partition coefficient (Wildman–Crippen LogP) is 4.39. The van der Waals surface area contributed by atoms with Crippen LogP contribution in [0.5, 0.6) is 0 Å². The highest BCUT2D eigenvalue weighted by Crippen LogP contribution is 2.30. The van der Waals surface area contributed by atoms with Gasteiger partial charge in [0.25, 0.3) is 0 Å². The molecule has 0 aromatic carbocycles. The van der Waals surface area contributed by atoms with E-state index >= 15 is 0 Å². The van der Waals surface area contributed by atoms with Gasteiger partial charge in [-0.1, -0.05) is 40.0 Å². The summed E-state index contributed by atoms with van der Waals surface area (Å²) in [6.07, 6.45) is 9.73. The van der Waals surface area contributed by atoms with Crippen molar-refractivity contribution in [3.63, 3.8) is 0 Å². The van der Waals surface area contributed by atoms with Crippen LogP contribution in [-0.4, -0.2) is 25.3 Å². The fraction of sp³-hybridized carbons (Fsp3) is 1.00. The molecule has 1 N–H and O–H groups in total. The summed E-state index contributed by atoms with van der Waals surface area (Å²) in [6, 6.07) is 0.638. The Morgan fingerprint density at radius 3 is 2.42 bits per heavy atom. The molecule has 3 unspecified atom stereocenters. The topological polar surface area (TPSA) is 21.3 Å². The van der Waals surface area contributed by atoms with Crippen LogP contribution in [0.2, 0.25) is 0 Å². The summed E-state index contributed by atoms with van der Waals surface area (Å²) in [5, 5.41) is 3.58. The smallest absolute Gasteiger partial charge is 0.0594 e. The van der Waals surface area contributed by atoms with Crippen LogP contribution in [0.15, 0.2) is 0 Å². The molecule has 1 aliphatic rings. The maximum Gasteiger partial charge on any atom is 0.0594 e. The van der Waals surface area contributed by atoms with Crippen LogP contribution in [0.25, 0.3) is 0 Å². The first-order chi connectivity index (χ1) is 9.11. The Kier molecular flexibility index (Phi) is 8.72. The van der Waals surface area contributed by atoms with Gasteiger partial charge in [0.05, 0.1) is 12.7 Å². The van der Waals surface area contributed by atoms with Crippen LogP contribution < -0.4 is 5.32 Å². The van der Waals surface area contributed by atoms with Crippen molar-refractivity contribution in [3.05, 3.63) is 0 Å². The lowest BCUT2D eigenvalue weighted by atomic mass is 9.82. The van der Waals surface area contributed by atoms with Gasteiger partial charge in [0.2, 0.25) is 0 Å². The SMILES string of the molecule is CCCCCC(C)NCCOC1CC(C)CC(C)C1. The van der Waals surface area contributed by atoms with Gasteiger partial charge in [-0.05, 0) is 44.4 Å². The van der Waals surface area contributed by atoms with Crippen molar-refractivity contribution in [1.29, 1.82) is 0 Å². The molecule has 1 fully saturated rings. The minimum atomic E-state index is 0.510. The van der Waals surface area contributed by atoms with Crippen molar-refractivity contribution in [2.24, 2.45) is 11.8 Å². The predicted molar refractivity (Wildman–Crippen MR) is 83.5 cm³/mol. The minimum Gasteiger partial charge on any atom is -0.377 e. The van der Waals surface area contributed by atoms with E-state index in [1.807, 2.05) is 0 Å². The minimum absolute atomic E-state index is 0.510. The maximum atomic E-state index is 6.04. The molecule has 114 valence electrons. The van der Waals surface area contributed by atoms with Crippen molar-refractivity contribution in [3.8, 4) is 0 Å². The summed E-state index contributed by atoms with van der Waals surface area (Å²) < 4.78 is 6.04. The number of unbranched alkanes of at least 4 members (excludes halogenated alkanes) is 2. The normalized spacial score (nSPS) is 29.4. The fourth-order valence-corrected chi connectivity index (χ4v) is 3.34.